The van der Waals surface area contributed by atoms with Crippen molar-refractivity contribution in [3.63, 3.8) is 0 Å². The van der Waals surface area contributed by atoms with E-state index in [1.165, 1.54) is 0 Å². The van der Waals surface area contributed by atoms with E-state index >= 15 is 0 Å². The van der Waals surface area contributed by atoms with Crippen molar-refractivity contribution in [2.45, 2.75) is 13.0 Å². The highest BCUT2D eigenvalue weighted by Crippen LogP contribution is 2.26. The van der Waals surface area contributed by atoms with Gasteiger partial charge in [-0.1, -0.05) is 0 Å². The Morgan fingerprint density at radius 1 is 1.44 bits per heavy atom. The van der Waals surface area contributed by atoms with Crippen molar-refractivity contribution in [3.05, 3.63) is 47.7 Å². The third kappa shape index (κ3) is 1.92. The van der Waals surface area contributed by atoms with E-state index in [0.29, 0.717) is 17.1 Å². The molecule has 0 amide bonds. The third-order valence-electron chi connectivity index (χ3n) is 2.44. The maximum atomic E-state index is 10.1. The summed E-state index contributed by atoms with van der Waals surface area (Å²) in [6.07, 6.45) is 3.93. The molecule has 0 radical (unpaired) electrons. The molecule has 2 heterocycles. The van der Waals surface area contributed by atoms with Crippen molar-refractivity contribution >= 4 is 0 Å². The second kappa shape index (κ2) is 4.37. The van der Waals surface area contributed by atoms with E-state index in [2.05, 4.69) is 4.98 Å². The van der Waals surface area contributed by atoms with E-state index in [0.717, 1.165) is 5.56 Å². The Balaban J connectivity index is 2.33. The fourth-order valence-corrected chi connectivity index (χ4v) is 1.51. The molecule has 1 unspecified atom stereocenters. The summed E-state index contributed by atoms with van der Waals surface area (Å²) >= 11 is 0. The third-order valence-corrected chi connectivity index (χ3v) is 2.44. The van der Waals surface area contributed by atoms with Crippen LogP contribution in [0.2, 0.25) is 0 Å². The first kappa shape index (κ1) is 10.7. The number of ether oxygens (including phenoxy) is 1. The predicted octanol–water partition coefficient (Wildman–Crippen LogP) is 2.07. The van der Waals surface area contributed by atoms with Crippen molar-refractivity contribution in [2.75, 3.05) is 7.11 Å². The summed E-state index contributed by atoms with van der Waals surface area (Å²) < 4.78 is 10.3. The van der Waals surface area contributed by atoms with Crippen LogP contribution in [0.3, 0.4) is 0 Å². The molecule has 2 rings (SSSR count). The second-order valence-electron chi connectivity index (χ2n) is 3.53. The number of aliphatic hydroxyl groups excluding tert-OH is 1. The minimum absolute atomic E-state index is 0.537. The number of hydrogen-bond donors (Lipinski definition) is 1. The van der Waals surface area contributed by atoms with Crippen molar-refractivity contribution in [2.24, 2.45) is 0 Å². The molecule has 1 atom stereocenters. The molecule has 0 saturated carbocycles. The van der Waals surface area contributed by atoms with Gasteiger partial charge < -0.3 is 14.3 Å². The quantitative estimate of drug-likeness (QED) is 0.858. The molecule has 0 bridgehead atoms. The zero-order valence-corrected chi connectivity index (χ0v) is 9.18. The van der Waals surface area contributed by atoms with Crippen molar-refractivity contribution < 1.29 is 14.3 Å². The molecular formula is C12H13NO3. The average Bonchev–Trinajstić information content (AvgIpc) is 2.74. The first-order chi connectivity index (χ1) is 7.72. The number of pyridine rings is 1. The molecule has 0 saturated heterocycles. The Bertz CT molecular complexity index is 479. The molecule has 1 N–H and O–H groups in total. The molecular weight excluding hydrogens is 206 g/mol. The van der Waals surface area contributed by atoms with E-state index in [9.17, 15) is 5.11 Å². The molecule has 0 spiro atoms. The highest BCUT2D eigenvalue weighted by molar-refractivity contribution is 5.31. The lowest BCUT2D eigenvalue weighted by Gasteiger charge is -2.10. The van der Waals surface area contributed by atoms with Crippen LogP contribution >= 0.6 is 0 Å². The standard InChI is InChI=1S/C12H13NO3/c1-8-3-4-16-12(8)11(14)9-5-10(15-2)7-13-6-9/h3-7,11,14H,1-2H3. The zero-order valence-electron chi connectivity index (χ0n) is 9.18. The Hall–Kier alpha value is -1.81. The molecule has 2 aromatic heterocycles. The van der Waals surface area contributed by atoms with Crippen LogP contribution in [0, 0.1) is 6.92 Å². The first-order valence-electron chi connectivity index (χ1n) is 4.93. The average molecular weight is 219 g/mol. The van der Waals surface area contributed by atoms with Gasteiger partial charge in [0.2, 0.25) is 0 Å². The van der Waals surface area contributed by atoms with Gasteiger partial charge in [-0.3, -0.25) is 4.98 Å². The van der Waals surface area contributed by atoms with Gasteiger partial charge in [0.15, 0.2) is 0 Å². The fraction of sp³-hybridized carbons (Fsp3) is 0.250. The van der Waals surface area contributed by atoms with E-state index < -0.39 is 6.10 Å². The summed E-state index contributed by atoms with van der Waals surface area (Å²) in [6, 6.07) is 3.55. The number of aliphatic hydroxyl groups is 1. The Labute approximate surface area is 93.5 Å². The molecule has 2 aromatic rings. The largest absolute Gasteiger partial charge is 0.495 e. The highest BCUT2D eigenvalue weighted by atomic mass is 16.5. The lowest BCUT2D eigenvalue weighted by atomic mass is 10.1. The normalized spacial score (nSPS) is 12.4. The van der Waals surface area contributed by atoms with Gasteiger partial charge in [-0.05, 0) is 24.6 Å². The molecule has 0 aliphatic rings. The molecule has 0 aromatic carbocycles. The van der Waals surface area contributed by atoms with E-state index in [1.54, 1.807) is 31.8 Å². The van der Waals surface area contributed by atoms with Gasteiger partial charge in [0, 0.05) is 11.8 Å². The monoisotopic (exact) mass is 219 g/mol. The molecule has 16 heavy (non-hydrogen) atoms. The summed E-state index contributed by atoms with van der Waals surface area (Å²) in [5, 5.41) is 10.1. The minimum atomic E-state index is -0.808. The SMILES string of the molecule is COc1cncc(C(O)c2occc2C)c1. The number of nitrogens with zero attached hydrogens (tertiary/aromatic N) is 1. The summed E-state index contributed by atoms with van der Waals surface area (Å²) in [5.41, 5.74) is 1.56. The van der Waals surface area contributed by atoms with Crippen LogP contribution in [-0.4, -0.2) is 17.2 Å². The van der Waals surface area contributed by atoms with E-state index in [-0.39, 0.29) is 0 Å². The van der Waals surface area contributed by atoms with Crippen LogP contribution < -0.4 is 4.74 Å². The Kier molecular flexibility index (Phi) is 2.92. The number of hydrogen-bond acceptors (Lipinski definition) is 4. The first-order valence-corrected chi connectivity index (χ1v) is 4.93. The van der Waals surface area contributed by atoms with Crippen molar-refractivity contribution in [3.8, 4) is 5.75 Å². The zero-order chi connectivity index (χ0) is 11.5. The van der Waals surface area contributed by atoms with Crippen LogP contribution in [0.4, 0.5) is 0 Å². The van der Waals surface area contributed by atoms with Crippen LogP contribution in [0.1, 0.15) is 23.0 Å². The van der Waals surface area contributed by atoms with Gasteiger partial charge in [0.25, 0.3) is 0 Å². The van der Waals surface area contributed by atoms with Crippen LogP contribution in [-0.2, 0) is 0 Å². The number of methoxy groups -OCH3 is 1. The Morgan fingerprint density at radius 3 is 2.88 bits per heavy atom. The van der Waals surface area contributed by atoms with E-state index in [4.69, 9.17) is 9.15 Å². The topological polar surface area (TPSA) is 55.5 Å². The smallest absolute Gasteiger partial charge is 0.139 e. The van der Waals surface area contributed by atoms with Gasteiger partial charge in [-0.25, -0.2) is 0 Å². The summed E-state index contributed by atoms with van der Waals surface area (Å²) in [6.45, 7) is 1.88. The van der Waals surface area contributed by atoms with Gasteiger partial charge in [0.05, 0.1) is 19.6 Å². The second-order valence-corrected chi connectivity index (χ2v) is 3.53. The fourth-order valence-electron chi connectivity index (χ4n) is 1.51. The van der Waals surface area contributed by atoms with Gasteiger partial charge in [0.1, 0.15) is 17.6 Å². The van der Waals surface area contributed by atoms with Gasteiger partial charge >= 0.3 is 0 Å². The summed E-state index contributed by atoms with van der Waals surface area (Å²) in [7, 11) is 1.56. The molecule has 4 heteroatoms. The van der Waals surface area contributed by atoms with E-state index in [1.807, 2.05) is 13.0 Å². The summed E-state index contributed by atoms with van der Waals surface area (Å²) in [4.78, 5) is 3.99. The number of furan rings is 1. The van der Waals surface area contributed by atoms with Crippen LogP contribution in [0.15, 0.2) is 35.2 Å². The van der Waals surface area contributed by atoms with Gasteiger partial charge in [-0.15, -0.1) is 0 Å². The Morgan fingerprint density at radius 2 is 2.25 bits per heavy atom. The summed E-state index contributed by atoms with van der Waals surface area (Å²) in [5.74, 6) is 1.15. The van der Waals surface area contributed by atoms with Crippen LogP contribution in [0.25, 0.3) is 0 Å². The van der Waals surface area contributed by atoms with Crippen LogP contribution in [0.5, 0.6) is 5.75 Å². The molecule has 4 nitrogen and oxygen atoms in total. The number of aromatic nitrogens is 1. The number of aryl methyl sites for hydroxylation is 1. The number of rotatable bonds is 3. The molecule has 84 valence electrons. The minimum Gasteiger partial charge on any atom is -0.495 e. The molecule has 0 aliphatic carbocycles. The maximum absolute atomic E-state index is 10.1. The predicted molar refractivity (Wildman–Crippen MR) is 58.3 cm³/mol. The highest BCUT2D eigenvalue weighted by Gasteiger charge is 2.16. The van der Waals surface area contributed by atoms with Crippen molar-refractivity contribution in [1.82, 2.24) is 4.98 Å². The molecule has 0 fully saturated rings. The lowest BCUT2D eigenvalue weighted by molar-refractivity contribution is 0.187. The van der Waals surface area contributed by atoms with Gasteiger partial charge in [-0.2, -0.15) is 0 Å². The lowest BCUT2D eigenvalue weighted by Crippen LogP contribution is -2.01. The molecule has 0 aliphatic heterocycles. The maximum Gasteiger partial charge on any atom is 0.139 e. The van der Waals surface area contributed by atoms with Crippen molar-refractivity contribution in [1.29, 1.82) is 0 Å².